The maximum Gasteiger partial charge on any atom is 0.410 e. The Kier molecular flexibility index (Phi) is 6.16. The Labute approximate surface area is 194 Å². The molecule has 2 N–H and O–H groups in total. The van der Waals surface area contributed by atoms with Gasteiger partial charge in [0.05, 0.1) is 20.3 Å². The summed E-state index contributed by atoms with van der Waals surface area (Å²) < 4.78 is 53.3. The first-order chi connectivity index (χ1) is 16.1. The molecule has 10 heteroatoms. The van der Waals surface area contributed by atoms with Crippen LogP contribution in [0.3, 0.4) is 0 Å². The first-order valence-corrected chi connectivity index (χ1v) is 10.6. The lowest BCUT2D eigenvalue weighted by Gasteiger charge is -2.33. The van der Waals surface area contributed by atoms with Crippen molar-refractivity contribution in [3.05, 3.63) is 64.8 Å². The molecule has 1 aliphatic rings. The molecule has 34 heavy (non-hydrogen) atoms. The zero-order valence-electron chi connectivity index (χ0n) is 19.2. The molecular weight excluding hydrogens is 449 g/mol. The average Bonchev–Trinajstić information content (AvgIpc) is 3.23. The fourth-order valence-corrected chi connectivity index (χ4v) is 4.11. The SMILES string of the molecule is COc1ccc([C@H]2C[C@@H](C(F)(F)F)n3nc(C(=O)Nc4ccc(C)cc4C)cc3N2)cc1OC. The number of benzene rings is 2. The van der Waals surface area contributed by atoms with Crippen LogP contribution in [0.2, 0.25) is 0 Å². The summed E-state index contributed by atoms with van der Waals surface area (Å²) in [7, 11) is 2.95. The highest BCUT2D eigenvalue weighted by Gasteiger charge is 2.47. The van der Waals surface area contributed by atoms with Gasteiger partial charge in [-0.25, -0.2) is 4.68 Å². The molecule has 2 atom stereocenters. The van der Waals surface area contributed by atoms with Crippen LogP contribution < -0.4 is 20.1 Å². The van der Waals surface area contributed by atoms with Gasteiger partial charge in [0.1, 0.15) is 5.82 Å². The molecule has 0 unspecified atom stereocenters. The molecule has 0 fully saturated rings. The first kappa shape index (κ1) is 23.5. The number of carbonyl (C=O) groups excluding carboxylic acids is 1. The van der Waals surface area contributed by atoms with Gasteiger partial charge in [0.15, 0.2) is 23.2 Å². The molecule has 0 saturated carbocycles. The van der Waals surface area contributed by atoms with Gasteiger partial charge in [-0.2, -0.15) is 18.3 Å². The molecule has 3 aromatic rings. The van der Waals surface area contributed by atoms with Crippen molar-refractivity contribution in [3.8, 4) is 11.5 Å². The van der Waals surface area contributed by atoms with Crippen LogP contribution in [0.5, 0.6) is 11.5 Å². The van der Waals surface area contributed by atoms with E-state index in [1.165, 1.54) is 20.3 Å². The molecule has 0 saturated heterocycles. The van der Waals surface area contributed by atoms with Gasteiger partial charge in [-0.15, -0.1) is 0 Å². The summed E-state index contributed by atoms with van der Waals surface area (Å²) in [4.78, 5) is 12.8. The first-order valence-electron chi connectivity index (χ1n) is 10.6. The Bertz CT molecular complexity index is 1220. The number of hydrogen-bond donors (Lipinski definition) is 2. The maximum absolute atomic E-state index is 14.0. The van der Waals surface area contributed by atoms with Crippen LogP contribution in [0, 0.1) is 13.8 Å². The second-order valence-electron chi connectivity index (χ2n) is 8.24. The van der Waals surface area contributed by atoms with E-state index in [1.54, 1.807) is 24.3 Å². The van der Waals surface area contributed by atoms with E-state index in [1.807, 2.05) is 26.0 Å². The van der Waals surface area contributed by atoms with E-state index in [-0.39, 0.29) is 17.9 Å². The Morgan fingerprint density at radius 1 is 1.09 bits per heavy atom. The van der Waals surface area contributed by atoms with Crippen molar-refractivity contribution < 1.29 is 27.4 Å². The van der Waals surface area contributed by atoms with E-state index in [9.17, 15) is 18.0 Å². The minimum atomic E-state index is -4.56. The quantitative estimate of drug-likeness (QED) is 0.516. The third-order valence-electron chi connectivity index (χ3n) is 5.86. The predicted molar refractivity (Wildman–Crippen MR) is 122 cm³/mol. The van der Waals surface area contributed by atoms with Crippen LogP contribution in [0.15, 0.2) is 42.5 Å². The second-order valence-corrected chi connectivity index (χ2v) is 8.24. The maximum atomic E-state index is 14.0. The van der Waals surface area contributed by atoms with Crippen molar-refractivity contribution in [1.29, 1.82) is 0 Å². The highest BCUT2D eigenvalue weighted by atomic mass is 19.4. The van der Waals surface area contributed by atoms with Gasteiger partial charge in [0.2, 0.25) is 0 Å². The summed E-state index contributed by atoms with van der Waals surface area (Å²) in [6, 6.07) is 9.24. The number of aryl methyl sites for hydroxylation is 2. The number of ether oxygens (including phenoxy) is 2. The van der Waals surface area contributed by atoms with Crippen LogP contribution in [-0.2, 0) is 0 Å². The number of aromatic nitrogens is 2. The summed E-state index contributed by atoms with van der Waals surface area (Å²) in [5.41, 5.74) is 2.94. The summed E-state index contributed by atoms with van der Waals surface area (Å²) in [5, 5.41) is 9.83. The monoisotopic (exact) mass is 474 g/mol. The highest BCUT2D eigenvalue weighted by molar-refractivity contribution is 6.03. The van der Waals surface area contributed by atoms with Crippen LogP contribution in [0.1, 0.15) is 45.7 Å². The second kappa shape index (κ2) is 8.92. The van der Waals surface area contributed by atoms with Crippen LogP contribution in [0.4, 0.5) is 24.7 Å². The molecule has 0 spiro atoms. The lowest BCUT2D eigenvalue weighted by molar-refractivity contribution is -0.173. The lowest BCUT2D eigenvalue weighted by Crippen LogP contribution is -2.35. The van der Waals surface area contributed by atoms with Crippen LogP contribution in [-0.4, -0.2) is 36.1 Å². The molecule has 1 aliphatic heterocycles. The van der Waals surface area contributed by atoms with Crippen molar-refractivity contribution in [2.24, 2.45) is 0 Å². The molecule has 1 amide bonds. The number of carbonyl (C=O) groups is 1. The zero-order chi connectivity index (χ0) is 24.6. The third-order valence-corrected chi connectivity index (χ3v) is 5.86. The highest BCUT2D eigenvalue weighted by Crippen LogP contribution is 2.44. The van der Waals surface area contributed by atoms with Crippen molar-refractivity contribution >= 4 is 17.4 Å². The van der Waals surface area contributed by atoms with Gasteiger partial charge >= 0.3 is 6.18 Å². The Hall–Kier alpha value is -3.69. The Morgan fingerprint density at radius 2 is 1.82 bits per heavy atom. The van der Waals surface area contributed by atoms with Crippen molar-refractivity contribution in [1.82, 2.24) is 9.78 Å². The number of alkyl halides is 3. The smallest absolute Gasteiger partial charge is 0.410 e. The standard InChI is InChI=1S/C24H25F3N4O3/c1-13-5-7-16(14(2)9-13)29-23(32)18-12-22-28-17(11-21(24(25,26)27)31(22)30-18)15-6-8-19(33-3)20(10-15)34-4/h5-10,12,17,21,28H,11H2,1-4H3,(H,29,32)/t17-,21+/m1/s1. The van der Waals surface area contributed by atoms with Gasteiger partial charge in [0, 0.05) is 18.2 Å². The van der Waals surface area contributed by atoms with E-state index in [0.717, 1.165) is 15.8 Å². The molecule has 2 heterocycles. The molecule has 0 aliphatic carbocycles. The summed E-state index contributed by atoms with van der Waals surface area (Å²) >= 11 is 0. The number of hydrogen-bond acceptors (Lipinski definition) is 5. The minimum absolute atomic E-state index is 0.107. The molecule has 4 rings (SSSR count). The van der Waals surface area contributed by atoms with Gasteiger partial charge in [-0.1, -0.05) is 23.8 Å². The number of fused-ring (bicyclic) bond motifs is 1. The molecule has 0 bridgehead atoms. The number of methoxy groups -OCH3 is 2. The van der Waals surface area contributed by atoms with Gasteiger partial charge in [-0.05, 0) is 43.2 Å². The summed E-state index contributed by atoms with van der Waals surface area (Å²) in [6.45, 7) is 3.77. The van der Waals surface area contributed by atoms with Crippen LogP contribution >= 0.6 is 0 Å². The molecule has 0 radical (unpaired) electrons. The molecule has 1 aromatic heterocycles. The number of halogens is 3. The molecule has 7 nitrogen and oxygen atoms in total. The van der Waals surface area contributed by atoms with E-state index in [2.05, 4.69) is 15.7 Å². The van der Waals surface area contributed by atoms with Gasteiger partial charge in [0.25, 0.3) is 5.91 Å². The number of nitrogens with zero attached hydrogens (tertiary/aromatic N) is 2. The fraction of sp³-hybridized carbons (Fsp3) is 0.333. The third kappa shape index (κ3) is 4.52. The van der Waals surface area contributed by atoms with E-state index >= 15 is 0 Å². The van der Waals surface area contributed by atoms with Crippen LogP contribution in [0.25, 0.3) is 0 Å². The van der Waals surface area contributed by atoms with Gasteiger partial charge < -0.3 is 20.1 Å². The summed E-state index contributed by atoms with van der Waals surface area (Å²) in [6.07, 6.45) is -4.86. The number of amides is 1. The van der Waals surface area contributed by atoms with E-state index in [0.29, 0.717) is 22.7 Å². The topological polar surface area (TPSA) is 77.4 Å². The van der Waals surface area contributed by atoms with Crippen molar-refractivity contribution in [2.75, 3.05) is 24.9 Å². The van der Waals surface area contributed by atoms with E-state index < -0.39 is 24.2 Å². The van der Waals surface area contributed by atoms with Gasteiger partial charge in [-0.3, -0.25) is 4.79 Å². The predicted octanol–water partition coefficient (Wildman–Crippen LogP) is 5.43. The fourth-order valence-electron chi connectivity index (χ4n) is 4.11. The average molecular weight is 474 g/mol. The van der Waals surface area contributed by atoms with Crippen molar-refractivity contribution in [2.45, 2.75) is 38.5 Å². The van der Waals surface area contributed by atoms with Crippen molar-refractivity contribution in [3.63, 3.8) is 0 Å². The summed E-state index contributed by atoms with van der Waals surface area (Å²) in [5.74, 6) is 0.418. The molecular formula is C24H25F3N4O3. The van der Waals surface area contributed by atoms with E-state index in [4.69, 9.17) is 9.47 Å². The number of nitrogens with one attached hydrogen (secondary N) is 2. The lowest BCUT2D eigenvalue weighted by atomic mass is 9.96. The Balaban J connectivity index is 1.65. The largest absolute Gasteiger partial charge is 0.493 e. The Morgan fingerprint density at radius 3 is 2.47 bits per heavy atom. The normalized spacial score (nSPS) is 17.5. The molecule has 180 valence electrons. The number of rotatable bonds is 5. The molecule has 2 aromatic carbocycles. The minimum Gasteiger partial charge on any atom is -0.493 e. The zero-order valence-corrected chi connectivity index (χ0v) is 19.2. The number of anilines is 2.